The number of pyridine rings is 1. The summed E-state index contributed by atoms with van der Waals surface area (Å²) in [5.74, 6) is 1.28. The number of nitrogens with zero attached hydrogens (tertiary/aromatic N) is 4. The highest BCUT2D eigenvalue weighted by molar-refractivity contribution is 5.99. The van der Waals surface area contributed by atoms with E-state index in [0.29, 0.717) is 36.4 Å². The molecule has 3 aromatic rings. The van der Waals surface area contributed by atoms with Gasteiger partial charge < -0.3 is 14.4 Å². The van der Waals surface area contributed by atoms with Crippen LogP contribution in [0.5, 0.6) is 11.8 Å². The summed E-state index contributed by atoms with van der Waals surface area (Å²) >= 11 is 0. The molecule has 33 heavy (non-hydrogen) atoms. The van der Waals surface area contributed by atoms with Crippen LogP contribution in [0.25, 0.3) is 11.1 Å². The molecule has 3 atom stereocenters. The van der Waals surface area contributed by atoms with E-state index in [-0.39, 0.29) is 18.0 Å². The van der Waals surface area contributed by atoms with Crippen molar-refractivity contribution in [3.8, 4) is 22.9 Å². The van der Waals surface area contributed by atoms with Crippen LogP contribution in [0.4, 0.5) is 0 Å². The van der Waals surface area contributed by atoms with Crippen molar-refractivity contribution < 1.29 is 14.3 Å². The maximum absolute atomic E-state index is 13.9. The van der Waals surface area contributed by atoms with Gasteiger partial charge in [-0.25, -0.2) is 4.98 Å². The van der Waals surface area contributed by atoms with Crippen molar-refractivity contribution in [2.75, 3.05) is 20.3 Å². The fraction of sp³-hybridized carbons (Fsp3) is 0.308. The highest BCUT2D eigenvalue weighted by atomic mass is 16.5. The predicted molar refractivity (Wildman–Crippen MR) is 124 cm³/mol. The molecular formula is C26H26N4O3. The van der Waals surface area contributed by atoms with Crippen LogP contribution in [-0.2, 0) is 0 Å². The van der Waals surface area contributed by atoms with E-state index in [9.17, 15) is 4.79 Å². The molecule has 2 aliphatic rings. The first-order valence-corrected chi connectivity index (χ1v) is 11.1. The molecule has 7 nitrogen and oxygen atoms in total. The van der Waals surface area contributed by atoms with Crippen molar-refractivity contribution in [1.82, 2.24) is 19.9 Å². The van der Waals surface area contributed by atoms with Crippen LogP contribution in [0.2, 0.25) is 0 Å². The van der Waals surface area contributed by atoms with Crippen LogP contribution in [0.1, 0.15) is 22.6 Å². The molecule has 2 aromatic heterocycles. The zero-order valence-corrected chi connectivity index (χ0v) is 18.8. The number of rotatable bonds is 6. The molecule has 3 heterocycles. The van der Waals surface area contributed by atoms with E-state index in [1.165, 1.54) is 5.57 Å². The molecule has 0 radical (unpaired) electrons. The Morgan fingerprint density at radius 1 is 1.12 bits per heavy atom. The molecule has 7 heteroatoms. The third kappa shape index (κ3) is 4.18. The molecule has 5 rings (SSSR count). The van der Waals surface area contributed by atoms with E-state index < -0.39 is 0 Å². The molecule has 1 saturated carbocycles. The molecule has 1 amide bonds. The van der Waals surface area contributed by atoms with Gasteiger partial charge in [-0.15, -0.1) is 0 Å². The lowest BCUT2D eigenvalue weighted by Gasteiger charge is -2.35. The monoisotopic (exact) mass is 442 g/mol. The van der Waals surface area contributed by atoms with Gasteiger partial charge >= 0.3 is 6.01 Å². The van der Waals surface area contributed by atoms with Crippen LogP contribution >= 0.6 is 0 Å². The first-order chi connectivity index (χ1) is 16.0. The van der Waals surface area contributed by atoms with Crippen LogP contribution < -0.4 is 9.47 Å². The van der Waals surface area contributed by atoms with E-state index in [0.717, 1.165) is 23.2 Å². The van der Waals surface area contributed by atoms with E-state index in [4.69, 9.17) is 9.47 Å². The maximum Gasteiger partial charge on any atom is 0.316 e. The Morgan fingerprint density at radius 3 is 2.61 bits per heavy atom. The number of benzene rings is 1. The molecule has 2 fully saturated rings. The van der Waals surface area contributed by atoms with Crippen LogP contribution in [0.15, 0.2) is 67.0 Å². The highest BCUT2D eigenvalue weighted by Crippen LogP contribution is 2.51. The zero-order valence-electron chi connectivity index (χ0n) is 18.8. The Hall–Kier alpha value is -3.74. The summed E-state index contributed by atoms with van der Waals surface area (Å²) in [6.45, 7) is 7.04. The number of piperidine rings is 1. The van der Waals surface area contributed by atoms with Gasteiger partial charge in [-0.2, -0.15) is 9.97 Å². The van der Waals surface area contributed by atoms with E-state index in [1.807, 2.05) is 54.3 Å². The number of ether oxygens (including phenoxy) is 2. The number of methoxy groups -OCH3 is 1. The van der Waals surface area contributed by atoms with Gasteiger partial charge in [-0.3, -0.25) is 4.79 Å². The fourth-order valence-electron chi connectivity index (χ4n) is 4.55. The number of fused-ring (bicyclic) bond motifs is 1. The van der Waals surface area contributed by atoms with Crippen molar-refractivity contribution in [2.45, 2.75) is 19.4 Å². The zero-order chi connectivity index (χ0) is 22.9. The van der Waals surface area contributed by atoms with Crippen molar-refractivity contribution in [3.05, 3.63) is 78.4 Å². The Balaban J connectivity index is 1.41. The Labute approximate surface area is 193 Å². The molecule has 168 valence electrons. The molecule has 0 N–H and O–H groups in total. The molecule has 1 aliphatic carbocycles. The summed E-state index contributed by atoms with van der Waals surface area (Å²) in [5.41, 5.74) is 4.30. The molecular weight excluding hydrogens is 416 g/mol. The Bertz CT molecular complexity index is 1180. The normalized spacial score (nSPS) is 21.3. The standard InChI is InChI=1S/C26H26N4O3/c1-16-9-10-21(18-7-5-4-6-8-18)24(29-16)25(31)30-14-23-17(2)22(23)11-19(30)15-33-26-27-12-20(32-3)13-28-26/h4-10,12-13,19,22-23H,2,11,14-15H2,1,3H3. The fourth-order valence-corrected chi connectivity index (χ4v) is 4.55. The van der Waals surface area contributed by atoms with Crippen molar-refractivity contribution in [3.63, 3.8) is 0 Å². The van der Waals surface area contributed by atoms with Crippen molar-refractivity contribution in [2.24, 2.45) is 11.8 Å². The van der Waals surface area contributed by atoms with Crippen LogP contribution in [-0.4, -0.2) is 52.1 Å². The number of hydrogen-bond donors (Lipinski definition) is 0. The van der Waals surface area contributed by atoms with Gasteiger partial charge in [0.05, 0.1) is 25.5 Å². The molecule has 1 saturated heterocycles. The SMILES string of the molecule is C=C1C2CC(COc3ncc(OC)cn3)N(C(=O)c3nc(C)ccc3-c3ccccc3)CC12. The number of carbonyl (C=O) groups excluding carboxylic acids is 1. The molecule has 3 unspecified atom stereocenters. The van der Waals surface area contributed by atoms with E-state index >= 15 is 0 Å². The number of aryl methyl sites for hydroxylation is 1. The summed E-state index contributed by atoms with van der Waals surface area (Å²) in [4.78, 5) is 28.8. The van der Waals surface area contributed by atoms with Crippen LogP contribution in [0, 0.1) is 18.8 Å². The summed E-state index contributed by atoms with van der Waals surface area (Å²) in [7, 11) is 1.56. The number of hydrogen-bond acceptors (Lipinski definition) is 6. The van der Waals surface area contributed by atoms with E-state index in [2.05, 4.69) is 21.5 Å². The minimum Gasteiger partial charge on any atom is -0.494 e. The summed E-state index contributed by atoms with van der Waals surface area (Å²) < 4.78 is 11.0. The van der Waals surface area contributed by atoms with Gasteiger partial charge in [-0.05, 0) is 30.9 Å². The van der Waals surface area contributed by atoms with Gasteiger partial charge in [0.15, 0.2) is 5.75 Å². The third-order valence-electron chi connectivity index (χ3n) is 6.52. The molecule has 0 bridgehead atoms. The van der Waals surface area contributed by atoms with Gasteiger partial charge in [0, 0.05) is 23.7 Å². The smallest absolute Gasteiger partial charge is 0.316 e. The van der Waals surface area contributed by atoms with Gasteiger partial charge in [0.2, 0.25) is 0 Å². The summed E-state index contributed by atoms with van der Waals surface area (Å²) in [6, 6.07) is 14.0. The van der Waals surface area contributed by atoms with Crippen LogP contribution in [0.3, 0.4) is 0 Å². The lowest BCUT2D eigenvalue weighted by molar-refractivity contribution is 0.0498. The molecule has 0 spiro atoms. The van der Waals surface area contributed by atoms with Gasteiger partial charge in [0.1, 0.15) is 12.3 Å². The Morgan fingerprint density at radius 2 is 1.88 bits per heavy atom. The quantitative estimate of drug-likeness (QED) is 0.538. The van der Waals surface area contributed by atoms with Crippen molar-refractivity contribution >= 4 is 5.91 Å². The predicted octanol–water partition coefficient (Wildman–Crippen LogP) is 3.95. The van der Waals surface area contributed by atoms with Gasteiger partial charge in [-0.1, -0.05) is 48.6 Å². The summed E-state index contributed by atoms with van der Waals surface area (Å²) in [5, 5.41) is 0. The maximum atomic E-state index is 13.9. The number of amides is 1. The lowest BCUT2D eigenvalue weighted by Crippen LogP contribution is -2.48. The molecule has 1 aliphatic heterocycles. The second-order valence-corrected chi connectivity index (χ2v) is 8.57. The average molecular weight is 443 g/mol. The largest absolute Gasteiger partial charge is 0.494 e. The second-order valence-electron chi connectivity index (χ2n) is 8.57. The van der Waals surface area contributed by atoms with E-state index in [1.54, 1.807) is 19.5 Å². The first-order valence-electron chi connectivity index (χ1n) is 11.1. The number of aromatic nitrogens is 3. The number of carbonyl (C=O) groups is 1. The minimum absolute atomic E-state index is 0.0834. The van der Waals surface area contributed by atoms with Crippen molar-refractivity contribution in [1.29, 1.82) is 0 Å². The molecule has 1 aromatic carbocycles. The summed E-state index contributed by atoms with van der Waals surface area (Å²) in [6.07, 6.45) is 3.94. The first kappa shape index (κ1) is 21.1. The van der Waals surface area contributed by atoms with Gasteiger partial charge in [0.25, 0.3) is 5.91 Å². The lowest BCUT2D eigenvalue weighted by atomic mass is 9.99. The minimum atomic E-state index is -0.116. The third-order valence-corrected chi connectivity index (χ3v) is 6.52. The Kier molecular flexibility index (Phi) is 5.54. The highest BCUT2D eigenvalue weighted by Gasteiger charge is 2.51. The topological polar surface area (TPSA) is 77.4 Å². The second kappa shape index (κ2) is 8.65. The average Bonchev–Trinajstić information content (AvgIpc) is 3.50. The number of likely N-dealkylation sites (tertiary alicyclic amines) is 1.